The minimum Gasteiger partial charge on any atom is -0.481 e. The van der Waals surface area contributed by atoms with E-state index in [2.05, 4.69) is 38.9 Å². The first-order valence-electron chi connectivity index (χ1n) is 11.7. The van der Waals surface area contributed by atoms with Gasteiger partial charge in [0.05, 0.1) is 6.42 Å². The molecule has 0 spiro atoms. The van der Waals surface area contributed by atoms with Crippen LogP contribution in [0.15, 0.2) is 64.7 Å². The van der Waals surface area contributed by atoms with Gasteiger partial charge in [-0.05, 0) is 41.7 Å². The van der Waals surface area contributed by atoms with Crippen molar-refractivity contribution in [3.63, 3.8) is 0 Å². The third-order valence-corrected chi connectivity index (χ3v) is 6.89. The first kappa shape index (κ1) is 27.4. The maximum atomic E-state index is 12.8. The van der Waals surface area contributed by atoms with Crippen molar-refractivity contribution in [3.8, 4) is 5.75 Å². The van der Waals surface area contributed by atoms with Crippen LogP contribution >= 0.6 is 22.9 Å². The third kappa shape index (κ3) is 7.63. The predicted octanol–water partition coefficient (Wildman–Crippen LogP) is 6.47. The van der Waals surface area contributed by atoms with Gasteiger partial charge in [-0.2, -0.15) is 4.99 Å². The van der Waals surface area contributed by atoms with E-state index >= 15 is 0 Å². The molecule has 3 aromatic rings. The summed E-state index contributed by atoms with van der Waals surface area (Å²) in [6, 6.07) is 13.4. The number of thiazole rings is 1. The number of carbonyl (C=O) groups excluding carboxylic acids is 1. The van der Waals surface area contributed by atoms with E-state index in [-0.39, 0.29) is 17.7 Å². The van der Waals surface area contributed by atoms with E-state index < -0.39 is 12.1 Å². The molecular formula is C27H30ClN3O4S. The van der Waals surface area contributed by atoms with Crippen molar-refractivity contribution < 1.29 is 19.4 Å². The Kier molecular flexibility index (Phi) is 9.23. The highest BCUT2D eigenvalue weighted by Gasteiger charge is 2.20. The molecule has 36 heavy (non-hydrogen) atoms. The summed E-state index contributed by atoms with van der Waals surface area (Å²) < 4.78 is 7.42. The SMILES string of the molecule is CCCCn1cc(C(C)(C)C)sc1=N/C(=N/C(=O)Oc1ccccc1)c1cc(Cl)ccc1CC(=O)O. The Morgan fingerprint density at radius 1 is 1.14 bits per heavy atom. The summed E-state index contributed by atoms with van der Waals surface area (Å²) in [4.78, 5) is 35.1. The molecule has 190 valence electrons. The second-order valence-electron chi connectivity index (χ2n) is 9.28. The molecular weight excluding hydrogens is 498 g/mol. The smallest absolute Gasteiger partial charge is 0.441 e. The van der Waals surface area contributed by atoms with Crippen LogP contribution in [0, 0.1) is 0 Å². The van der Waals surface area contributed by atoms with Crippen LogP contribution in [0.1, 0.15) is 56.5 Å². The van der Waals surface area contributed by atoms with Crippen LogP contribution in [0.25, 0.3) is 0 Å². The molecule has 1 aromatic heterocycles. The fraction of sp³-hybridized carbons (Fsp3) is 0.333. The minimum atomic E-state index is -1.02. The molecule has 0 saturated carbocycles. The third-order valence-electron chi connectivity index (χ3n) is 5.21. The summed E-state index contributed by atoms with van der Waals surface area (Å²) in [7, 11) is 0. The van der Waals surface area contributed by atoms with Gasteiger partial charge in [-0.1, -0.05) is 70.0 Å². The Labute approximate surface area is 219 Å². The molecule has 1 N–H and O–H groups in total. The summed E-state index contributed by atoms with van der Waals surface area (Å²) >= 11 is 7.78. The van der Waals surface area contributed by atoms with Crippen LogP contribution in [-0.4, -0.2) is 27.6 Å². The molecule has 0 fully saturated rings. The number of rotatable bonds is 7. The van der Waals surface area contributed by atoms with Gasteiger partial charge in [0.15, 0.2) is 10.6 Å². The van der Waals surface area contributed by atoms with Crippen molar-refractivity contribution in [1.82, 2.24) is 4.57 Å². The number of para-hydroxylation sites is 1. The van der Waals surface area contributed by atoms with Gasteiger partial charge < -0.3 is 14.4 Å². The van der Waals surface area contributed by atoms with Gasteiger partial charge >= 0.3 is 12.1 Å². The van der Waals surface area contributed by atoms with Gasteiger partial charge in [-0.3, -0.25) is 4.79 Å². The fourth-order valence-corrected chi connectivity index (χ4v) is 4.56. The zero-order valence-electron chi connectivity index (χ0n) is 20.8. The number of amides is 1. The van der Waals surface area contributed by atoms with Crippen LogP contribution in [0.2, 0.25) is 5.02 Å². The number of halogens is 1. The highest BCUT2D eigenvalue weighted by atomic mass is 35.5. The van der Waals surface area contributed by atoms with Crippen LogP contribution in [0.4, 0.5) is 4.79 Å². The first-order chi connectivity index (χ1) is 17.1. The van der Waals surface area contributed by atoms with Gasteiger partial charge in [-0.25, -0.2) is 9.79 Å². The molecule has 0 unspecified atom stereocenters. The molecule has 3 rings (SSSR count). The number of aliphatic carboxylic acids is 1. The standard InChI is InChI=1S/C27H30ClN3O4S/c1-5-6-14-31-17-22(27(2,3)4)36-25(31)29-24(30-26(34)35-20-10-8-7-9-11-20)21-16-19(28)13-12-18(21)15-23(32)33/h7-13,16-17H,5-6,14-15H2,1-4H3,(H,32,33)/b29-25?,30-24+. The van der Waals surface area contributed by atoms with E-state index in [9.17, 15) is 14.7 Å². The quantitative estimate of drug-likeness (QED) is 0.281. The van der Waals surface area contributed by atoms with E-state index in [1.807, 2.05) is 10.6 Å². The average Bonchev–Trinajstić information content (AvgIpc) is 3.22. The highest BCUT2D eigenvalue weighted by molar-refractivity contribution is 7.09. The largest absolute Gasteiger partial charge is 0.481 e. The van der Waals surface area contributed by atoms with Crippen molar-refractivity contribution in [2.24, 2.45) is 9.98 Å². The Hall–Kier alpha value is -3.23. The van der Waals surface area contributed by atoms with E-state index in [4.69, 9.17) is 21.3 Å². The summed E-state index contributed by atoms with van der Waals surface area (Å²) in [6.07, 6.45) is 2.90. The van der Waals surface area contributed by atoms with Gasteiger partial charge in [0.2, 0.25) is 0 Å². The number of unbranched alkanes of at least 4 members (excludes halogenated alkanes) is 1. The van der Waals surface area contributed by atoms with Crippen molar-refractivity contribution in [2.75, 3.05) is 0 Å². The summed E-state index contributed by atoms with van der Waals surface area (Å²) in [5, 5.41) is 9.82. The van der Waals surface area contributed by atoms with Gasteiger partial charge in [-0.15, -0.1) is 11.3 Å². The average molecular weight is 528 g/mol. The number of hydrogen-bond acceptors (Lipinski definition) is 4. The van der Waals surface area contributed by atoms with Crippen LogP contribution < -0.4 is 9.54 Å². The summed E-state index contributed by atoms with van der Waals surface area (Å²) in [6.45, 7) is 9.25. The lowest BCUT2D eigenvalue weighted by atomic mass is 9.95. The second-order valence-corrected chi connectivity index (χ2v) is 10.7. The van der Waals surface area contributed by atoms with E-state index in [1.165, 1.54) is 11.3 Å². The first-order valence-corrected chi connectivity index (χ1v) is 12.9. The number of aromatic nitrogens is 1. The highest BCUT2D eigenvalue weighted by Crippen LogP contribution is 2.25. The lowest BCUT2D eigenvalue weighted by Gasteiger charge is -2.14. The number of aliphatic imine (C=N–C) groups is 1. The van der Waals surface area contributed by atoms with E-state index in [0.29, 0.717) is 26.7 Å². The monoisotopic (exact) mass is 527 g/mol. The van der Waals surface area contributed by atoms with Crippen LogP contribution in [0.3, 0.4) is 0 Å². The maximum Gasteiger partial charge on any atom is 0.441 e. The topological polar surface area (TPSA) is 93.3 Å². The summed E-state index contributed by atoms with van der Waals surface area (Å²) in [5.41, 5.74) is 0.706. The summed E-state index contributed by atoms with van der Waals surface area (Å²) in [5.74, 6) is -0.636. The number of amidine groups is 1. The molecule has 0 atom stereocenters. The molecule has 1 heterocycles. The fourth-order valence-electron chi connectivity index (χ4n) is 3.31. The van der Waals surface area contributed by atoms with Crippen molar-refractivity contribution in [3.05, 3.63) is 80.6 Å². The zero-order valence-corrected chi connectivity index (χ0v) is 22.4. The number of nitrogens with zero attached hydrogens (tertiary/aromatic N) is 3. The molecule has 0 saturated heterocycles. The maximum absolute atomic E-state index is 12.8. The van der Waals surface area contributed by atoms with Gasteiger partial charge in [0.25, 0.3) is 0 Å². The van der Waals surface area contributed by atoms with Gasteiger partial charge in [0.1, 0.15) is 5.75 Å². The molecule has 7 nitrogen and oxygen atoms in total. The van der Waals surface area contributed by atoms with E-state index in [1.54, 1.807) is 42.5 Å². The normalized spacial score (nSPS) is 12.6. The molecule has 1 amide bonds. The lowest BCUT2D eigenvalue weighted by Crippen LogP contribution is -2.19. The molecule has 0 aliphatic rings. The van der Waals surface area contributed by atoms with Crippen molar-refractivity contribution >= 4 is 40.8 Å². The number of carbonyl (C=O) groups is 2. The Bertz CT molecular complexity index is 1320. The number of hydrogen-bond donors (Lipinski definition) is 1. The Morgan fingerprint density at radius 2 is 1.86 bits per heavy atom. The molecule has 0 aliphatic carbocycles. The van der Waals surface area contributed by atoms with Crippen LogP contribution in [-0.2, 0) is 23.2 Å². The number of aryl methyl sites for hydroxylation is 1. The van der Waals surface area contributed by atoms with Crippen molar-refractivity contribution in [1.29, 1.82) is 0 Å². The number of carboxylic acid groups (broad SMARTS) is 1. The number of benzene rings is 2. The van der Waals surface area contributed by atoms with Crippen molar-refractivity contribution in [2.45, 2.75) is 58.9 Å². The van der Waals surface area contributed by atoms with E-state index in [0.717, 1.165) is 24.3 Å². The molecule has 9 heteroatoms. The van der Waals surface area contributed by atoms with Gasteiger partial charge in [0, 0.05) is 28.2 Å². The molecule has 0 aliphatic heterocycles. The molecule has 0 bridgehead atoms. The zero-order chi connectivity index (χ0) is 26.3. The molecule has 0 radical (unpaired) electrons. The number of ether oxygens (including phenoxy) is 1. The minimum absolute atomic E-state index is 0.0437. The Morgan fingerprint density at radius 3 is 2.50 bits per heavy atom. The van der Waals surface area contributed by atoms with Crippen LogP contribution in [0.5, 0.6) is 5.75 Å². The number of carboxylic acids is 1. The lowest BCUT2D eigenvalue weighted by molar-refractivity contribution is -0.136. The Balaban J connectivity index is 2.20. The predicted molar refractivity (Wildman–Crippen MR) is 143 cm³/mol. The molecule has 2 aromatic carbocycles. The second kappa shape index (κ2) is 12.1.